The molecule has 0 aromatic heterocycles. The predicted molar refractivity (Wildman–Crippen MR) is 212 cm³/mol. The Morgan fingerprint density at radius 1 is 0.429 bits per heavy atom. The van der Waals surface area contributed by atoms with Crippen LogP contribution in [0.3, 0.4) is 0 Å². The van der Waals surface area contributed by atoms with E-state index in [2.05, 4.69) is 104 Å². The zero-order valence-corrected chi connectivity index (χ0v) is 33.9. The first-order valence-corrected chi connectivity index (χ1v) is 20.5. The van der Waals surface area contributed by atoms with Crippen molar-refractivity contribution in [1.29, 1.82) is 0 Å². The normalized spacial score (nSPS) is 18.2. The molecule has 0 fully saturated rings. The van der Waals surface area contributed by atoms with E-state index in [-0.39, 0.29) is 23.3 Å². The van der Waals surface area contributed by atoms with Crippen molar-refractivity contribution < 1.29 is 14.2 Å². The van der Waals surface area contributed by atoms with Gasteiger partial charge < -0.3 is 14.2 Å². The van der Waals surface area contributed by atoms with E-state index in [1.807, 2.05) is 12.1 Å². The van der Waals surface area contributed by atoms with Crippen LogP contribution in [0.25, 0.3) is 0 Å². The number of benzene rings is 2. The molecule has 10 unspecified atom stereocenters. The lowest BCUT2D eigenvalue weighted by molar-refractivity contribution is -0.257. The van der Waals surface area contributed by atoms with Crippen molar-refractivity contribution in [3.8, 4) is 0 Å². The summed E-state index contributed by atoms with van der Waals surface area (Å²) in [5.74, 6) is 4.10. The molecule has 0 amide bonds. The van der Waals surface area contributed by atoms with E-state index >= 15 is 0 Å². The molecule has 0 spiro atoms. The van der Waals surface area contributed by atoms with Crippen LogP contribution in [0.1, 0.15) is 144 Å². The molecule has 0 saturated heterocycles. The molecule has 2 rings (SSSR count). The second-order valence-corrected chi connectivity index (χ2v) is 17.5. The third-order valence-electron chi connectivity index (χ3n) is 9.81. The van der Waals surface area contributed by atoms with Gasteiger partial charge in [0.15, 0.2) is 12.6 Å². The largest absolute Gasteiger partial charge is 0.348 e. The van der Waals surface area contributed by atoms with Gasteiger partial charge in [-0.05, 0) is 125 Å². The fourth-order valence-electron chi connectivity index (χ4n) is 7.82. The van der Waals surface area contributed by atoms with E-state index in [1.54, 1.807) is 0 Å². The second kappa shape index (κ2) is 25.8. The van der Waals surface area contributed by atoms with Crippen LogP contribution in [0.2, 0.25) is 0 Å². The number of hydrogen-bond acceptors (Lipinski definition) is 3. The number of halogens is 2. The standard InChI is InChI=1S/C44H72Cl2O3/c1-33(25-35(3)27-37(5)29-39(7)45)17-15-23-43(47-31-41-19-11-9-12-20-41)49-44(48-32-42-21-13-10-14-22-42)24-16-18-34(2)26-36(4)28-38(6)30-40(8)46/h9-14,19-22,33-40,43-44H,15-18,23-32H2,1-8H3. The van der Waals surface area contributed by atoms with E-state index in [0.717, 1.165) is 49.7 Å². The summed E-state index contributed by atoms with van der Waals surface area (Å²) < 4.78 is 19.7. The molecule has 0 heterocycles. The van der Waals surface area contributed by atoms with Crippen molar-refractivity contribution in [1.82, 2.24) is 0 Å². The van der Waals surface area contributed by atoms with Gasteiger partial charge in [-0.25, -0.2) is 0 Å². The van der Waals surface area contributed by atoms with Crippen LogP contribution < -0.4 is 0 Å². The quantitative estimate of drug-likeness (QED) is 0.0647. The Morgan fingerprint density at radius 3 is 1.10 bits per heavy atom. The summed E-state index contributed by atoms with van der Waals surface area (Å²) in [4.78, 5) is 0. The SMILES string of the molecule is CC(Cl)CC(C)CC(C)CC(C)CCCC(OCc1ccccc1)OC(CCCC(C)CC(C)CC(C)CC(C)Cl)OCc1ccccc1. The summed E-state index contributed by atoms with van der Waals surface area (Å²) in [6, 6.07) is 20.9. The molecule has 49 heavy (non-hydrogen) atoms. The minimum Gasteiger partial charge on any atom is -0.348 e. The smallest absolute Gasteiger partial charge is 0.161 e. The van der Waals surface area contributed by atoms with E-state index in [1.165, 1.54) is 38.5 Å². The average molecular weight is 720 g/mol. The van der Waals surface area contributed by atoms with Crippen molar-refractivity contribution in [3.05, 3.63) is 71.8 Å². The van der Waals surface area contributed by atoms with Gasteiger partial charge in [0.1, 0.15) is 0 Å². The van der Waals surface area contributed by atoms with Crippen LogP contribution in [0.5, 0.6) is 0 Å². The van der Waals surface area contributed by atoms with Crippen molar-refractivity contribution >= 4 is 23.2 Å². The topological polar surface area (TPSA) is 27.7 Å². The lowest BCUT2D eigenvalue weighted by Crippen LogP contribution is -2.27. The molecule has 0 aliphatic heterocycles. The summed E-state index contributed by atoms with van der Waals surface area (Å²) in [5.41, 5.74) is 2.33. The maximum atomic E-state index is 6.73. The highest BCUT2D eigenvalue weighted by molar-refractivity contribution is 6.20. The van der Waals surface area contributed by atoms with Gasteiger partial charge in [0, 0.05) is 10.8 Å². The lowest BCUT2D eigenvalue weighted by Gasteiger charge is -2.27. The van der Waals surface area contributed by atoms with E-state index in [0.29, 0.717) is 48.7 Å². The first-order chi connectivity index (χ1) is 23.4. The van der Waals surface area contributed by atoms with Crippen LogP contribution >= 0.6 is 23.2 Å². The summed E-state index contributed by atoms with van der Waals surface area (Å²) in [7, 11) is 0. The maximum absolute atomic E-state index is 6.73. The van der Waals surface area contributed by atoms with Crippen LogP contribution in [0.4, 0.5) is 0 Å². The van der Waals surface area contributed by atoms with Gasteiger partial charge in [-0.15, -0.1) is 23.2 Å². The van der Waals surface area contributed by atoms with E-state index in [4.69, 9.17) is 37.4 Å². The zero-order chi connectivity index (χ0) is 36.0. The summed E-state index contributed by atoms with van der Waals surface area (Å²) in [5, 5.41) is 0.508. The Balaban J connectivity index is 1.98. The maximum Gasteiger partial charge on any atom is 0.161 e. The Labute approximate surface area is 312 Å². The van der Waals surface area contributed by atoms with Gasteiger partial charge in [-0.2, -0.15) is 0 Å². The second-order valence-electron chi connectivity index (χ2n) is 16.1. The summed E-state index contributed by atoms with van der Waals surface area (Å²) in [6.07, 6.45) is 12.8. The third kappa shape index (κ3) is 22.4. The van der Waals surface area contributed by atoms with Gasteiger partial charge in [-0.3, -0.25) is 0 Å². The van der Waals surface area contributed by atoms with Crippen LogP contribution in [-0.2, 0) is 27.4 Å². The fraction of sp³-hybridized carbons (Fsp3) is 0.727. The molecule has 2 aromatic carbocycles. The summed E-state index contributed by atoms with van der Waals surface area (Å²) >= 11 is 12.5. The Hall–Kier alpha value is -1.10. The molecule has 0 radical (unpaired) electrons. The molecule has 0 aliphatic rings. The predicted octanol–water partition coefficient (Wildman–Crippen LogP) is 13.8. The molecule has 0 bridgehead atoms. The molecular formula is C44H72Cl2O3. The third-order valence-corrected chi connectivity index (χ3v) is 10.2. The van der Waals surface area contributed by atoms with Crippen LogP contribution in [-0.4, -0.2) is 23.3 Å². The molecule has 280 valence electrons. The van der Waals surface area contributed by atoms with Gasteiger partial charge in [-0.1, -0.05) is 115 Å². The molecule has 5 heteroatoms. The van der Waals surface area contributed by atoms with E-state index in [9.17, 15) is 0 Å². The Kier molecular flexibility index (Phi) is 23.2. The molecule has 2 aromatic rings. The van der Waals surface area contributed by atoms with Gasteiger partial charge in [0.05, 0.1) is 13.2 Å². The molecule has 0 N–H and O–H groups in total. The van der Waals surface area contributed by atoms with Crippen LogP contribution in [0.15, 0.2) is 60.7 Å². The zero-order valence-electron chi connectivity index (χ0n) is 32.4. The van der Waals surface area contributed by atoms with E-state index < -0.39 is 0 Å². The number of alkyl halides is 2. The first-order valence-electron chi connectivity index (χ1n) is 19.6. The van der Waals surface area contributed by atoms with Crippen molar-refractivity contribution in [3.63, 3.8) is 0 Å². The van der Waals surface area contributed by atoms with Crippen molar-refractivity contribution in [2.24, 2.45) is 35.5 Å². The number of rotatable bonds is 28. The Morgan fingerprint density at radius 2 is 0.755 bits per heavy atom. The highest BCUT2D eigenvalue weighted by atomic mass is 35.5. The van der Waals surface area contributed by atoms with Gasteiger partial charge >= 0.3 is 0 Å². The monoisotopic (exact) mass is 718 g/mol. The minimum absolute atomic E-state index is 0.254. The van der Waals surface area contributed by atoms with Crippen molar-refractivity contribution in [2.75, 3.05) is 0 Å². The number of hydrogen-bond donors (Lipinski definition) is 0. The first kappa shape index (κ1) is 44.1. The minimum atomic E-state index is -0.306. The average Bonchev–Trinajstić information content (AvgIpc) is 3.02. The Bertz CT molecular complexity index is 965. The fourth-order valence-corrected chi connectivity index (χ4v) is 8.43. The van der Waals surface area contributed by atoms with Gasteiger partial charge in [0.2, 0.25) is 0 Å². The molecule has 0 aliphatic carbocycles. The molecule has 10 atom stereocenters. The van der Waals surface area contributed by atoms with Gasteiger partial charge in [0.25, 0.3) is 0 Å². The van der Waals surface area contributed by atoms with Crippen LogP contribution in [0, 0.1) is 35.5 Å². The highest BCUT2D eigenvalue weighted by Crippen LogP contribution is 2.28. The molecular weight excluding hydrogens is 647 g/mol. The highest BCUT2D eigenvalue weighted by Gasteiger charge is 2.21. The number of ether oxygens (including phenoxy) is 3. The summed E-state index contributed by atoms with van der Waals surface area (Å²) in [6.45, 7) is 19.6. The lowest BCUT2D eigenvalue weighted by atomic mass is 9.86. The molecule has 0 saturated carbocycles. The molecule has 3 nitrogen and oxygen atoms in total. The van der Waals surface area contributed by atoms with Crippen molar-refractivity contribution in [2.45, 2.75) is 169 Å².